The third-order valence-electron chi connectivity index (χ3n) is 6.85. The summed E-state index contributed by atoms with van der Waals surface area (Å²) in [5.74, 6) is -8.69. The first kappa shape index (κ1) is 29.3. The second kappa shape index (κ2) is 10.9. The van der Waals surface area contributed by atoms with Gasteiger partial charge in [0, 0.05) is 39.7 Å². The molecule has 0 bridgehead atoms. The third kappa shape index (κ3) is 5.38. The van der Waals surface area contributed by atoms with Crippen molar-refractivity contribution < 1.29 is 79.7 Å². The summed E-state index contributed by atoms with van der Waals surface area (Å²) in [5, 5.41) is 89.2. The molecule has 2 atom stereocenters. The quantitative estimate of drug-likeness (QED) is 0.0790. The molecule has 0 saturated carbocycles. The number of hydrogen-bond acceptors (Lipinski definition) is 14. The van der Waals surface area contributed by atoms with Gasteiger partial charge in [-0.1, -0.05) is 0 Å². The van der Waals surface area contributed by atoms with E-state index in [4.69, 9.17) is 14.2 Å². The van der Waals surface area contributed by atoms with Gasteiger partial charge in [0.1, 0.15) is 23.4 Å². The summed E-state index contributed by atoms with van der Waals surface area (Å²) in [4.78, 5) is 26.0. The van der Waals surface area contributed by atoms with E-state index in [1.165, 1.54) is 25.1 Å². The van der Waals surface area contributed by atoms with Crippen LogP contribution in [0.3, 0.4) is 0 Å². The van der Waals surface area contributed by atoms with Crippen LogP contribution in [0.25, 0.3) is 0 Å². The van der Waals surface area contributed by atoms with E-state index in [1.54, 1.807) is 0 Å². The van der Waals surface area contributed by atoms with Gasteiger partial charge in [0.05, 0.1) is 11.1 Å². The third-order valence-corrected chi connectivity index (χ3v) is 6.85. The van der Waals surface area contributed by atoms with E-state index < -0.39 is 75.9 Å². The number of fused-ring (bicyclic) bond motifs is 1. The SMILES string of the molecule is Cc1cc([C@H]2Oc3cc(O)cc(OC(=O)c4cc(O)c(O)c(O)c4)c3C[C@H]2OC(=O)c2cc(O)c(O)c(O)c2)cc(O)c1O.[HH].[HH].[HH].[HH].[HH].[HH].[HH]. The molecule has 0 aliphatic carbocycles. The number of aryl methyl sites for hydroxylation is 1. The van der Waals surface area contributed by atoms with Crippen LogP contribution < -0.4 is 9.47 Å². The van der Waals surface area contributed by atoms with Gasteiger partial charge in [-0.2, -0.15) is 0 Å². The van der Waals surface area contributed by atoms with Gasteiger partial charge in [0.25, 0.3) is 0 Å². The largest absolute Gasteiger partial charge is 0.508 e. The van der Waals surface area contributed by atoms with Gasteiger partial charge in [-0.15, -0.1) is 0 Å². The average molecular weight is 623 g/mol. The topological polar surface area (TPSA) is 244 Å². The van der Waals surface area contributed by atoms with E-state index >= 15 is 0 Å². The molecule has 0 aromatic heterocycles. The van der Waals surface area contributed by atoms with Crippen molar-refractivity contribution in [3.63, 3.8) is 0 Å². The smallest absolute Gasteiger partial charge is 0.343 e. The average Bonchev–Trinajstić information content (AvgIpc) is 2.96. The fourth-order valence-corrected chi connectivity index (χ4v) is 4.67. The molecule has 0 amide bonds. The van der Waals surface area contributed by atoms with Gasteiger partial charge >= 0.3 is 11.9 Å². The molecule has 44 heavy (non-hydrogen) atoms. The molecule has 9 N–H and O–H groups in total. The first-order chi connectivity index (χ1) is 20.7. The number of phenols is 9. The Morgan fingerprint density at radius 2 is 1.23 bits per heavy atom. The number of ether oxygens (including phenoxy) is 3. The summed E-state index contributed by atoms with van der Waals surface area (Å²) >= 11 is 0. The van der Waals surface area contributed by atoms with Crippen molar-refractivity contribution in [3.8, 4) is 63.2 Å². The predicted molar refractivity (Wildman–Crippen MR) is 162 cm³/mol. The van der Waals surface area contributed by atoms with Gasteiger partial charge in [-0.3, -0.25) is 0 Å². The molecule has 5 rings (SSSR count). The highest BCUT2D eigenvalue weighted by atomic mass is 16.6. The minimum atomic E-state index is -1.26. The molecule has 0 spiro atoms. The molecule has 1 heterocycles. The zero-order valence-corrected chi connectivity index (χ0v) is 22.5. The first-order valence-electron chi connectivity index (χ1n) is 12.7. The molecule has 0 saturated heterocycles. The first-order valence-corrected chi connectivity index (χ1v) is 12.7. The molecule has 4 aromatic carbocycles. The van der Waals surface area contributed by atoms with Gasteiger partial charge in [0.2, 0.25) is 0 Å². The van der Waals surface area contributed by atoms with Crippen molar-refractivity contribution in [3.05, 3.63) is 76.3 Å². The highest BCUT2D eigenvalue weighted by Gasteiger charge is 2.38. The maximum atomic E-state index is 13.1. The fourth-order valence-electron chi connectivity index (χ4n) is 4.67. The Morgan fingerprint density at radius 3 is 1.77 bits per heavy atom. The van der Waals surface area contributed by atoms with Gasteiger partial charge in [-0.25, -0.2) is 9.59 Å². The Hall–Kier alpha value is -6.18. The zero-order valence-electron chi connectivity index (χ0n) is 22.5. The zero-order chi connectivity index (χ0) is 32.0. The van der Waals surface area contributed by atoms with Crippen molar-refractivity contribution in [2.75, 3.05) is 0 Å². The Balaban J connectivity index is -0.00000329. The Bertz CT molecular complexity index is 1790. The maximum Gasteiger partial charge on any atom is 0.343 e. The van der Waals surface area contributed by atoms with Crippen LogP contribution in [0, 0.1) is 6.92 Å². The summed E-state index contributed by atoms with van der Waals surface area (Å²) in [7, 11) is 0. The normalized spacial score (nSPS) is 15.6. The van der Waals surface area contributed by atoms with Crippen LogP contribution in [-0.4, -0.2) is 64.0 Å². The van der Waals surface area contributed by atoms with E-state index in [0.717, 1.165) is 30.3 Å². The van der Waals surface area contributed by atoms with Crippen LogP contribution in [-0.2, 0) is 11.2 Å². The Morgan fingerprint density at radius 1 is 0.705 bits per heavy atom. The highest BCUT2D eigenvalue weighted by molar-refractivity contribution is 5.93. The second-order valence-electron chi connectivity index (χ2n) is 9.93. The number of aromatic hydroxyl groups is 9. The minimum Gasteiger partial charge on any atom is -0.508 e. The molecule has 1 aliphatic heterocycles. The van der Waals surface area contributed by atoms with Crippen molar-refractivity contribution in [2.24, 2.45) is 0 Å². The summed E-state index contributed by atoms with van der Waals surface area (Å²) < 4.78 is 17.2. The van der Waals surface area contributed by atoms with E-state index in [1.807, 2.05) is 0 Å². The number of benzene rings is 4. The van der Waals surface area contributed by atoms with Crippen LogP contribution in [0.1, 0.15) is 53.5 Å². The maximum absolute atomic E-state index is 13.1. The summed E-state index contributed by atoms with van der Waals surface area (Å²) in [6, 6.07) is 8.27. The van der Waals surface area contributed by atoms with Crippen molar-refractivity contribution in [1.82, 2.24) is 0 Å². The van der Waals surface area contributed by atoms with Gasteiger partial charge < -0.3 is 60.2 Å². The second-order valence-corrected chi connectivity index (χ2v) is 9.93. The number of rotatable bonds is 5. The lowest BCUT2D eigenvalue weighted by atomic mass is 9.92. The molecule has 242 valence electrons. The molecular weight excluding hydrogens is 584 g/mol. The summed E-state index contributed by atoms with van der Waals surface area (Å²) in [6.45, 7) is 1.50. The lowest BCUT2D eigenvalue weighted by Crippen LogP contribution is -2.35. The molecule has 4 aromatic rings. The number of carbonyl (C=O) groups is 2. The summed E-state index contributed by atoms with van der Waals surface area (Å²) in [5.41, 5.74) is -0.118. The van der Waals surface area contributed by atoms with Gasteiger partial charge in [-0.05, 0) is 48.9 Å². The van der Waals surface area contributed by atoms with E-state index in [2.05, 4.69) is 0 Å². The van der Waals surface area contributed by atoms with Crippen LogP contribution in [0.2, 0.25) is 0 Å². The number of esters is 2. The molecular formula is C30H38O14. The van der Waals surface area contributed by atoms with Crippen molar-refractivity contribution >= 4 is 11.9 Å². The van der Waals surface area contributed by atoms with Crippen LogP contribution in [0.5, 0.6) is 63.2 Å². The fraction of sp³-hybridized carbons (Fsp3) is 0.133. The highest BCUT2D eigenvalue weighted by Crippen LogP contribution is 2.46. The summed E-state index contributed by atoms with van der Waals surface area (Å²) in [6.07, 6.45) is -2.69. The van der Waals surface area contributed by atoms with E-state index in [-0.39, 0.29) is 55.7 Å². The number of hydrogen-bond donors (Lipinski definition) is 9. The number of carbonyl (C=O) groups excluding carboxylic acids is 2. The van der Waals surface area contributed by atoms with Crippen molar-refractivity contribution in [1.29, 1.82) is 0 Å². The van der Waals surface area contributed by atoms with Gasteiger partial charge in [0.15, 0.2) is 52.1 Å². The molecule has 14 nitrogen and oxygen atoms in total. The lowest BCUT2D eigenvalue weighted by molar-refractivity contribution is -0.0189. The van der Waals surface area contributed by atoms with E-state index in [0.29, 0.717) is 0 Å². The lowest BCUT2D eigenvalue weighted by Gasteiger charge is -2.34. The Labute approximate surface area is 257 Å². The van der Waals surface area contributed by atoms with Crippen LogP contribution in [0.4, 0.5) is 0 Å². The molecule has 0 radical (unpaired) electrons. The molecule has 0 fully saturated rings. The van der Waals surface area contributed by atoms with E-state index in [9.17, 15) is 55.5 Å². The molecule has 0 unspecified atom stereocenters. The van der Waals surface area contributed by atoms with Crippen LogP contribution in [0.15, 0.2) is 48.5 Å². The monoisotopic (exact) mass is 622 g/mol. The standard InChI is InChI=1S/C30H24O14.7H2/c1-11-2-12(3-17(32)25(11)37)28-24(44-30(41)14-6-20(35)27(39)21(36)7-14)10-16-22(42-28)8-15(31)9-23(16)43-29(40)13-4-18(33)26(38)19(34)5-13;;;;;;;/h2-9,24,28,31-39H,10H2,1H3;7*1H/t24-,28-;;;;;;;/m1......./s1. The molecule has 1 aliphatic rings. The number of phenolic OH excluding ortho intramolecular Hbond substituents is 9. The predicted octanol–water partition coefficient (Wildman–Crippen LogP) is 5.19. The van der Waals surface area contributed by atoms with Crippen LogP contribution >= 0.6 is 0 Å². The molecule has 14 heteroatoms. The van der Waals surface area contributed by atoms with Crippen molar-refractivity contribution in [2.45, 2.75) is 25.6 Å². The Kier molecular flexibility index (Phi) is 7.27. The minimum absolute atomic E-state index is 0.